The van der Waals surface area contributed by atoms with Crippen LogP contribution in [0.25, 0.3) is 16.9 Å². The number of nitrogens with zero attached hydrogens (tertiary/aromatic N) is 4. The molecule has 0 fully saturated rings. The lowest BCUT2D eigenvalue weighted by Gasteiger charge is -2.15. The molecule has 0 saturated carbocycles. The zero-order valence-electron chi connectivity index (χ0n) is 16.1. The van der Waals surface area contributed by atoms with Gasteiger partial charge in [0.15, 0.2) is 11.9 Å². The average molecular weight is 413 g/mol. The van der Waals surface area contributed by atoms with Crippen LogP contribution in [-0.2, 0) is 6.18 Å². The Labute approximate surface area is 170 Å². The van der Waals surface area contributed by atoms with Gasteiger partial charge in [-0.15, -0.1) is 0 Å². The first-order valence-corrected chi connectivity index (χ1v) is 9.13. The van der Waals surface area contributed by atoms with Crippen molar-refractivity contribution in [1.82, 2.24) is 19.6 Å². The minimum absolute atomic E-state index is 0.0469. The second kappa shape index (κ2) is 7.42. The summed E-state index contributed by atoms with van der Waals surface area (Å²) in [6.45, 7) is 3.68. The van der Waals surface area contributed by atoms with Crippen molar-refractivity contribution in [3.05, 3.63) is 77.4 Å². The van der Waals surface area contributed by atoms with E-state index in [-0.39, 0.29) is 11.3 Å². The minimum atomic E-state index is -4.51. The van der Waals surface area contributed by atoms with Gasteiger partial charge in [0.1, 0.15) is 5.69 Å². The van der Waals surface area contributed by atoms with Crippen LogP contribution in [0.15, 0.2) is 54.7 Å². The number of alkyl halides is 3. The van der Waals surface area contributed by atoms with Crippen molar-refractivity contribution in [3.8, 4) is 11.3 Å². The number of halogens is 3. The molecule has 4 rings (SSSR count). The lowest BCUT2D eigenvalue weighted by Crippen LogP contribution is -2.14. The van der Waals surface area contributed by atoms with E-state index in [0.717, 1.165) is 17.5 Å². The van der Waals surface area contributed by atoms with Crippen molar-refractivity contribution < 1.29 is 18.3 Å². The van der Waals surface area contributed by atoms with Gasteiger partial charge in [0.2, 0.25) is 0 Å². The van der Waals surface area contributed by atoms with Gasteiger partial charge in [0.25, 0.3) is 0 Å². The fourth-order valence-corrected chi connectivity index (χ4v) is 3.32. The van der Waals surface area contributed by atoms with Gasteiger partial charge in [0, 0.05) is 22.6 Å². The molecular formula is C21H18F3N5O. The van der Waals surface area contributed by atoms with Crippen molar-refractivity contribution in [2.24, 2.45) is 0 Å². The fraction of sp³-hybridized carbons (Fsp3) is 0.190. The number of fused-ring (bicyclic) bond motifs is 1. The molecule has 0 aliphatic rings. The van der Waals surface area contributed by atoms with E-state index in [1.807, 2.05) is 13.8 Å². The van der Waals surface area contributed by atoms with Gasteiger partial charge in [-0.1, -0.05) is 18.2 Å². The van der Waals surface area contributed by atoms with Gasteiger partial charge >= 0.3 is 6.18 Å². The molecule has 6 nitrogen and oxygen atoms in total. The number of imidazole rings is 1. The summed E-state index contributed by atoms with van der Waals surface area (Å²) in [6, 6.07) is 11.8. The second-order valence-electron chi connectivity index (χ2n) is 6.90. The van der Waals surface area contributed by atoms with E-state index in [1.165, 1.54) is 35.0 Å². The summed E-state index contributed by atoms with van der Waals surface area (Å²) in [5.74, 6) is 0. The van der Waals surface area contributed by atoms with Gasteiger partial charge in [0.05, 0.1) is 17.5 Å². The lowest BCUT2D eigenvalue weighted by atomic mass is 10.0. The van der Waals surface area contributed by atoms with Crippen LogP contribution in [0.4, 0.5) is 18.9 Å². The summed E-state index contributed by atoms with van der Waals surface area (Å²) in [5, 5.41) is 17.9. The Morgan fingerprint density at radius 2 is 1.73 bits per heavy atom. The highest BCUT2D eigenvalue weighted by atomic mass is 19.4. The van der Waals surface area contributed by atoms with Crippen molar-refractivity contribution in [2.45, 2.75) is 26.3 Å². The van der Waals surface area contributed by atoms with Crippen LogP contribution in [0, 0.1) is 13.8 Å². The Morgan fingerprint density at radius 1 is 1.03 bits per heavy atom. The zero-order chi connectivity index (χ0) is 21.5. The largest absolute Gasteiger partial charge is 0.417 e. The highest BCUT2D eigenvalue weighted by Gasteiger charge is 2.33. The fourth-order valence-electron chi connectivity index (χ4n) is 3.32. The number of pyridine rings is 1. The summed E-state index contributed by atoms with van der Waals surface area (Å²) < 4.78 is 41.5. The zero-order valence-corrected chi connectivity index (χ0v) is 16.1. The number of aromatic nitrogens is 4. The number of hydrogen-bond donors (Lipinski definition) is 2. The molecule has 9 heteroatoms. The summed E-state index contributed by atoms with van der Waals surface area (Å²) in [7, 11) is 0. The summed E-state index contributed by atoms with van der Waals surface area (Å²) in [6.07, 6.45) is -4.26. The maximum atomic E-state index is 13.4. The number of aryl methyl sites for hydroxylation is 2. The van der Waals surface area contributed by atoms with Gasteiger partial charge < -0.3 is 10.4 Å². The Morgan fingerprint density at radius 3 is 2.43 bits per heavy atom. The standard InChI is InChI=1S/C21H18F3N5O/c1-12-9-14(10-13(2)26-12)27-20(30)18-11-25-19-8-7-17(28-29(18)19)15-5-3-4-6-16(15)21(22,23)24/h3-11,20,30H,1-2H3,(H,26,27). The number of anilines is 1. The molecule has 3 heterocycles. The SMILES string of the molecule is Cc1cc(NC(O)c2cnc3ccc(-c4ccccc4C(F)(F)F)nn23)cc(C)n1. The van der Waals surface area contributed by atoms with E-state index < -0.39 is 18.0 Å². The van der Waals surface area contributed by atoms with Gasteiger partial charge in [-0.2, -0.15) is 18.3 Å². The maximum Gasteiger partial charge on any atom is 0.417 e. The number of aliphatic hydroxyl groups excluding tert-OH is 1. The Kier molecular flexibility index (Phi) is 4.90. The molecule has 0 aliphatic carbocycles. The molecule has 1 unspecified atom stereocenters. The van der Waals surface area contributed by atoms with Gasteiger partial charge in [-0.05, 0) is 44.2 Å². The summed E-state index contributed by atoms with van der Waals surface area (Å²) in [4.78, 5) is 8.47. The summed E-state index contributed by atoms with van der Waals surface area (Å²) in [5.41, 5.74) is 2.22. The molecule has 0 amide bonds. The molecule has 0 bridgehead atoms. The van der Waals surface area contributed by atoms with E-state index >= 15 is 0 Å². The molecule has 154 valence electrons. The number of hydrogen-bond acceptors (Lipinski definition) is 5. The number of benzene rings is 1. The Hall–Kier alpha value is -3.46. The molecule has 1 aromatic carbocycles. The molecule has 3 aromatic heterocycles. The van der Waals surface area contributed by atoms with Crippen molar-refractivity contribution >= 4 is 11.3 Å². The number of aliphatic hydroxyl groups is 1. The first-order valence-electron chi connectivity index (χ1n) is 9.13. The monoisotopic (exact) mass is 413 g/mol. The quantitative estimate of drug-likeness (QED) is 0.481. The molecule has 0 radical (unpaired) electrons. The van der Waals surface area contributed by atoms with Crippen molar-refractivity contribution in [1.29, 1.82) is 0 Å². The number of rotatable bonds is 4. The molecule has 4 aromatic rings. The maximum absolute atomic E-state index is 13.4. The molecule has 0 spiro atoms. The Bertz CT molecular complexity index is 1200. The van der Waals surface area contributed by atoms with Crippen LogP contribution >= 0.6 is 0 Å². The Balaban J connectivity index is 1.74. The van der Waals surface area contributed by atoms with Crippen LogP contribution in [0.5, 0.6) is 0 Å². The van der Waals surface area contributed by atoms with Gasteiger partial charge in [-0.25, -0.2) is 9.50 Å². The topological polar surface area (TPSA) is 75.3 Å². The number of nitrogens with one attached hydrogen (secondary N) is 1. The third kappa shape index (κ3) is 3.84. The molecule has 0 saturated heterocycles. The normalized spacial score (nSPS) is 12.9. The van der Waals surface area contributed by atoms with Crippen LogP contribution in [-0.4, -0.2) is 24.7 Å². The predicted octanol–water partition coefficient (Wildman–Crippen LogP) is 4.53. The van der Waals surface area contributed by atoms with E-state index in [4.69, 9.17) is 0 Å². The average Bonchev–Trinajstić information content (AvgIpc) is 3.10. The molecule has 2 N–H and O–H groups in total. The van der Waals surface area contributed by atoms with E-state index in [9.17, 15) is 18.3 Å². The van der Waals surface area contributed by atoms with Crippen LogP contribution in [0.2, 0.25) is 0 Å². The van der Waals surface area contributed by atoms with Crippen LogP contribution in [0.3, 0.4) is 0 Å². The highest BCUT2D eigenvalue weighted by molar-refractivity contribution is 5.65. The van der Waals surface area contributed by atoms with Crippen molar-refractivity contribution in [3.63, 3.8) is 0 Å². The first-order chi connectivity index (χ1) is 14.2. The minimum Gasteiger partial charge on any atom is -0.368 e. The lowest BCUT2D eigenvalue weighted by molar-refractivity contribution is -0.137. The molecular weight excluding hydrogens is 395 g/mol. The van der Waals surface area contributed by atoms with Gasteiger partial charge in [-0.3, -0.25) is 4.98 Å². The van der Waals surface area contributed by atoms with E-state index in [0.29, 0.717) is 17.0 Å². The van der Waals surface area contributed by atoms with Crippen molar-refractivity contribution in [2.75, 3.05) is 5.32 Å². The van der Waals surface area contributed by atoms with Crippen LogP contribution in [0.1, 0.15) is 28.9 Å². The van der Waals surface area contributed by atoms with E-state index in [2.05, 4.69) is 20.4 Å². The molecule has 1 atom stereocenters. The summed E-state index contributed by atoms with van der Waals surface area (Å²) >= 11 is 0. The second-order valence-corrected chi connectivity index (χ2v) is 6.90. The van der Waals surface area contributed by atoms with E-state index in [1.54, 1.807) is 18.2 Å². The molecule has 0 aliphatic heterocycles. The smallest absolute Gasteiger partial charge is 0.368 e. The highest BCUT2D eigenvalue weighted by Crippen LogP contribution is 2.36. The van der Waals surface area contributed by atoms with Crippen LogP contribution < -0.4 is 5.32 Å². The third-order valence-corrected chi connectivity index (χ3v) is 4.56. The predicted molar refractivity (Wildman–Crippen MR) is 106 cm³/mol. The first kappa shape index (κ1) is 19.8. The molecule has 30 heavy (non-hydrogen) atoms. The third-order valence-electron chi connectivity index (χ3n) is 4.56.